The van der Waals surface area contributed by atoms with Gasteiger partial charge >= 0.3 is 0 Å². The first-order chi connectivity index (χ1) is 11.5. The molecule has 1 aliphatic heterocycles. The Morgan fingerprint density at radius 2 is 2.04 bits per heavy atom. The molecule has 0 bridgehead atoms. The number of H-pyrrole nitrogens is 1. The molecule has 2 N–H and O–H groups in total. The maximum Gasteiger partial charge on any atom is 0.255 e. The van der Waals surface area contributed by atoms with Crippen LogP contribution in [0.5, 0.6) is 0 Å². The molecule has 0 saturated carbocycles. The van der Waals surface area contributed by atoms with Crippen LogP contribution in [0.3, 0.4) is 0 Å². The number of hydrogen-bond acceptors (Lipinski definition) is 3. The summed E-state index contributed by atoms with van der Waals surface area (Å²) in [5, 5.41) is 10.1. The largest absolute Gasteiger partial charge is 0.347 e. The molecule has 6 nitrogen and oxygen atoms in total. The van der Waals surface area contributed by atoms with E-state index < -0.39 is 0 Å². The van der Waals surface area contributed by atoms with Gasteiger partial charge in [-0.1, -0.05) is 32.0 Å². The Morgan fingerprint density at radius 3 is 2.71 bits per heavy atom. The Labute approximate surface area is 141 Å². The number of nitrogens with one attached hydrogen (secondary N) is 2. The number of anilines is 1. The van der Waals surface area contributed by atoms with Gasteiger partial charge in [0, 0.05) is 24.3 Å². The molecule has 0 radical (unpaired) electrons. The molecule has 1 aromatic heterocycles. The molecule has 126 valence electrons. The minimum absolute atomic E-state index is 0.0273. The first-order valence-corrected chi connectivity index (χ1v) is 8.18. The van der Waals surface area contributed by atoms with Gasteiger partial charge in [0.15, 0.2) is 0 Å². The number of benzene rings is 1. The van der Waals surface area contributed by atoms with Gasteiger partial charge in [-0.2, -0.15) is 5.10 Å². The van der Waals surface area contributed by atoms with Crippen molar-refractivity contribution in [2.75, 3.05) is 11.4 Å². The highest BCUT2D eigenvalue weighted by atomic mass is 16.2. The normalized spacial score (nSPS) is 17.6. The van der Waals surface area contributed by atoms with Crippen molar-refractivity contribution in [1.82, 2.24) is 15.5 Å². The summed E-state index contributed by atoms with van der Waals surface area (Å²) in [5.74, 6) is 0.0129. The van der Waals surface area contributed by atoms with E-state index in [4.69, 9.17) is 0 Å². The zero-order valence-electron chi connectivity index (χ0n) is 14.2. The van der Waals surface area contributed by atoms with Crippen LogP contribution in [0.2, 0.25) is 0 Å². The fraction of sp³-hybridized carbons (Fsp3) is 0.389. The number of carbonyl (C=O) groups excluding carboxylic acids is 2. The number of nitrogens with zero attached hydrogens (tertiary/aromatic N) is 2. The van der Waals surface area contributed by atoms with Gasteiger partial charge in [-0.25, -0.2) is 0 Å². The molecule has 0 spiro atoms. The van der Waals surface area contributed by atoms with Crippen molar-refractivity contribution < 1.29 is 9.59 Å². The predicted molar refractivity (Wildman–Crippen MR) is 92.1 cm³/mol. The third-order valence-corrected chi connectivity index (χ3v) is 4.28. The molecule has 0 aliphatic carbocycles. The zero-order valence-corrected chi connectivity index (χ0v) is 14.2. The first kappa shape index (κ1) is 16.2. The molecule has 2 amide bonds. The van der Waals surface area contributed by atoms with Crippen molar-refractivity contribution >= 4 is 17.5 Å². The van der Waals surface area contributed by atoms with E-state index in [-0.39, 0.29) is 23.8 Å². The van der Waals surface area contributed by atoms with Crippen LogP contribution >= 0.6 is 0 Å². The quantitative estimate of drug-likeness (QED) is 0.905. The average Bonchev–Trinajstić information content (AvgIpc) is 3.11. The van der Waals surface area contributed by atoms with Gasteiger partial charge < -0.3 is 10.2 Å². The van der Waals surface area contributed by atoms with Crippen molar-refractivity contribution in [3.05, 3.63) is 47.3 Å². The van der Waals surface area contributed by atoms with Crippen molar-refractivity contribution in [2.45, 2.75) is 39.2 Å². The number of aryl methyl sites for hydroxylation is 1. The maximum absolute atomic E-state index is 12.7. The molecule has 2 aromatic rings. The molecule has 1 aromatic carbocycles. The lowest BCUT2D eigenvalue weighted by atomic mass is 10.0. The van der Waals surface area contributed by atoms with E-state index in [1.54, 1.807) is 4.90 Å². The highest BCUT2D eigenvalue weighted by Gasteiger charge is 2.32. The van der Waals surface area contributed by atoms with Crippen LogP contribution in [-0.4, -0.2) is 34.6 Å². The summed E-state index contributed by atoms with van der Waals surface area (Å²) in [6.45, 7) is 6.33. The summed E-state index contributed by atoms with van der Waals surface area (Å²) in [6, 6.07) is 9.33. The second-order valence-electron chi connectivity index (χ2n) is 6.48. The summed E-state index contributed by atoms with van der Waals surface area (Å²) >= 11 is 0. The maximum atomic E-state index is 12.7. The standard InChI is InChI=1S/C18H22N4O2/c1-11(2)17-16(12(3)20-21-17)18(24)19-13-9-15(23)22(10-13)14-7-5-4-6-8-14/h4-8,11,13H,9-10H2,1-3H3,(H,19,24)(H,20,21)/t13-/m1/s1. The van der Waals surface area contributed by atoms with E-state index in [9.17, 15) is 9.59 Å². The number of aromatic amines is 1. The minimum atomic E-state index is -0.195. The third-order valence-electron chi connectivity index (χ3n) is 4.28. The second-order valence-corrected chi connectivity index (χ2v) is 6.48. The molecular weight excluding hydrogens is 304 g/mol. The van der Waals surface area contributed by atoms with E-state index in [2.05, 4.69) is 15.5 Å². The number of amides is 2. The highest BCUT2D eigenvalue weighted by molar-refractivity contribution is 5.99. The predicted octanol–water partition coefficient (Wildman–Crippen LogP) is 2.38. The van der Waals surface area contributed by atoms with Crippen molar-refractivity contribution in [2.24, 2.45) is 0 Å². The Morgan fingerprint density at radius 1 is 1.33 bits per heavy atom. The van der Waals surface area contributed by atoms with Gasteiger partial charge in [0.05, 0.1) is 17.3 Å². The van der Waals surface area contributed by atoms with Gasteiger partial charge in [0.2, 0.25) is 5.91 Å². The Hall–Kier alpha value is -2.63. The lowest BCUT2D eigenvalue weighted by Crippen LogP contribution is -2.37. The van der Waals surface area contributed by atoms with Gasteiger partial charge in [0.25, 0.3) is 5.91 Å². The third kappa shape index (κ3) is 3.04. The van der Waals surface area contributed by atoms with E-state index in [1.165, 1.54) is 0 Å². The smallest absolute Gasteiger partial charge is 0.255 e. The fourth-order valence-corrected chi connectivity index (χ4v) is 3.07. The van der Waals surface area contributed by atoms with E-state index >= 15 is 0 Å². The van der Waals surface area contributed by atoms with E-state index in [0.717, 1.165) is 17.1 Å². The summed E-state index contributed by atoms with van der Waals surface area (Å²) < 4.78 is 0. The zero-order chi connectivity index (χ0) is 17.3. The van der Waals surface area contributed by atoms with Crippen LogP contribution in [0.1, 0.15) is 47.9 Å². The van der Waals surface area contributed by atoms with Gasteiger partial charge in [-0.3, -0.25) is 14.7 Å². The number of para-hydroxylation sites is 1. The summed E-state index contributed by atoms with van der Waals surface area (Å²) in [4.78, 5) is 26.6. The SMILES string of the molecule is Cc1[nH]nc(C(C)C)c1C(=O)N[C@@H]1CC(=O)N(c2ccccc2)C1. The highest BCUT2D eigenvalue weighted by Crippen LogP contribution is 2.23. The van der Waals surface area contributed by atoms with Gasteiger partial charge in [0.1, 0.15) is 0 Å². The van der Waals surface area contributed by atoms with Crippen LogP contribution in [-0.2, 0) is 4.79 Å². The molecule has 1 atom stereocenters. The van der Waals surface area contributed by atoms with Crippen molar-refractivity contribution in [3.63, 3.8) is 0 Å². The lowest BCUT2D eigenvalue weighted by Gasteiger charge is -2.17. The molecule has 1 aliphatic rings. The van der Waals surface area contributed by atoms with Crippen LogP contribution in [0, 0.1) is 6.92 Å². The lowest BCUT2D eigenvalue weighted by molar-refractivity contribution is -0.117. The van der Waals surface area contributed by atoms with Crippen LogP contribution < -0.4 is 10.2 Å². The van der Waals surface area contributed by atoms with Gasteiger partial charge in [-0.05, 0) is 25.0 Å². The molecule has 24 heavy (non-hydrogen) atoms. The Kier molecular flexibility index (Phi) is 4.38. The fourth-order valence-electron chi connectivity index (χ4n) is 3.07. The Balaban J connectivity index is 1.73. The number of carbonyl (C=O) groups is 2. The van der Waals surface area contributed by atoms with Crippen LogP contribution in [0.15, 0.2) is 30.3 Å². The molecule has 1 fully saturated rings. The van der Waals surface area contributed by atoms with E-state index in [1.807, 2.05) is 51.1 Å². The number of hydrogen-bond donors (Lipinski definition) is 2. The topological polar surface area (TPSA) is 78.1 Å². The summed E-state index contributed by atoms with van der Waals surface area (Å²) in [5.41, 5.74) is 2.96. The van der Waals surface area contributed by atoms with E-state index in [0.29, 0.717) is 18.5 Å². The van der Waals surface area contributed by atoms with Crippen molar-refractivity contribution in [3.8, 4) is 0 Å². The summed E-state index contributed by atoms with van der Waals surface area (Å²) in [7, 11) is 0. The molecule has 0 unspecified atom stereocenters. The first-order valence-electron chi connectivity index (χ1n) is 8.18. The molecule has 2 heterocycles. The van der Waals surface area contributed by atoms with Gasteiger partial charge in [-0.15, -0.1) is 0 Å². The molecule has 6 heteroatoms. The second kappa shape index (κ2) is 6.47. The average molecular weight is 326 g/mol. The summed E-state index contributed by atoms with van der Waals surface area (Å²) in [6.07, 6.45) is 0.314. The number of rotatable bonds is 4. The molecular formula is C18H22N4O2. The molecule has 3 rings (SSSR count). The van der Waals surface area contributed by atoms with Crippen molar-refractivity contribution in [1.29, 1.82) is 0 Å². The monoisotopic (exact) mass is 326 g/mol. The molecule has 1 saturated heterocycles. The number of aromatic nitrogens is 2. The van der Waals surface area contributed by atoms with Crippen LogP contribution in [0.25, 0.3) is 0 Å². The minimum Gasteiger partial charge on any atom is -0.347 e. The Bertz CT molecular complexity index is 752. The van der Waals surface area contributed by atoms with Crippen LogP contribution in [0.4, 0.5) is 5.69 Å².